The van der Waals surface area contributed by atoms with Crippen LogP contribution in [0.4, 0.5) is 17.1 Å². The van der Waals surface area contributed by atoms with Gasteiger partial charge in [-0.2, -0.15) is 0 Å². The topological polar surface area (TPSA) is 34.5 Å². The third kappa shape index (κ3) is 5.84. The fraction of sp³-hybridized carbons (Fsp3) is 0. The lowest BCUT2D eigenvalue weighted by Gasteiger charge is -2.26. The molecule has 3 heterocycles. The highest BCUT2D eigenvalue weighted by atomic mass is 16.3. The molecule has 300 valence electrons. The molecule has 13 aromatic rings. The minimum absolute atomic E-state index is 0.856. The maximum Gasteiger partial charge on any atom is 0.143 e. The summed E-state index contributed by atoms with van der Waals surface area (Å²) in [6, 6.07) is 82.1. The second kappa shape index (κ2) is 14.5. The summed E-state index contributed by atoms with van der Waals surface area (Å²) >= 11 is 0. The Hall–Kier alpha value is -8.60. The van der Waals surface area contributed by atoms with Gasteiger partial charge in [0, 0.05) is 66.7 Å². The molecule has 0 unspecified atom stereocenters. The summed E-state index contributed by atoms with van der Waals surface area (Å²) in [5.41, 5.74) is 17.0. The number of aromatic nitrogens is 1. The molecule has 0 spiro atoms. The summed E-state index contributed by atoms with van der Waals surface area (Å²) in [7, 11) is 0. The van der Waals surface area contributed by atoms with Crippen LogP contribution in [0, 0.1) is 0 Å². The van der Waals surface area contributed by atoms with Crippen LogP contribution in [0.25, 0.3) is 105 Å². The Labute approximate surface area is 369 Å². The minimum atomic E-state index is 0.856. The molecule has 0 saturated carbocycles. The second-order valence-corrected chi connectivity index (χ2v) is 16.5. The first-order valence-electron chi connectivity index (χ1n) is 21.7. The Bertz CT molecular complexity index is 3840. The molecule has 0 N–H and O–H groups in total. The lowest BCUT2D eigenvalue weighted by molar-refractivity contribution is 0.669. The van der Waals surface area contributed by atoms with Gasteiger partial charge in [0.2, 0.25) is 0 Å². The normalized spacial score (nSPS) is 11.8. The Morgan fingerprint density at radius 3 is 1.58 bits per heavy atom. The summed E-state index contributed by atoms with van der Waals surface area (Å²) in [6.07, 6.45) is 0. The van der Waals surface area contributed by atoms with E-state index in [-0.39, 0.29) is 0 Å². The molecule has 0 radical (unpaired) electrons. The van der Waals surface area contributed by atoms with Gasteiger partial charge in [-0.15, -0.1) is 0 Å². The van der Waals surface area contributed by atoms with Gasteiger partial charge in [-0.25, -0.2) is 0 Å². The molecule has 0 atom stereocenters. The van der Waals surface area contributed by atoms with Gasteiger partial charge in [0.15, 0.2) is 0 Å². The monoisotopic (exact) mass is 818 g/mol. The molecule has 0 fully saturated rings. The highest BCUT2D eigenvalue weighted by molar-refractivity contribution is 6.11. The lowest BCUT2D eigenvalue weighted by atomic mass is 10.00. The average molecular weight is 819 g/mol. The van der Waals surface area contributed by atoms with Gasteiger partial charge in [0.05, 0.1) is 11.0 Å². The van der Waals surface area contributed by atoms with E-state index < -0.39 is 0 Å². The van der Waals surface area contributed by atoms with E-state index in [1.807, 2.05) is 18.2 Å². The van der Waals surface area contributed by atoms with Crippen LogP contribution >= 0.6 is 0 Å². The van der Waals surface area contributed by atoms with Crippen molar-refractivity contribution in [3.63, 3.8) is 0 Å². The van der Waals surface area contributed by atoms with Gasteiger partial charge in [-0.1, -0.05) is 146 Å². The maximum absolute atomic E-state index is 6.50. The van der Waals surface area contributed by atoms with E-state index >= 15 is 0 Å². The summed E-state index contributed by atoms with van der Waals surface area (Å²) in [5.74, 6) is 0. The quantitative estimate of drug-likeness (QED) is 0.161. The van der Waals surface area contributed by atoms with E-state index in [1.54, 1.807) is 0 Å². The number of furan rings is 2. The highest BCUT2D eigenvalue weighted by Gasteiger charge is 2.18. The third-order valence-corrected chi connectivity index (χ3v) is 12.8. The van der Waals surface area contributed by atoms with Crippen molar-refractivity contribution in [3.8, 4) is 39.1 Å². The Kier molecular flexibility index (Phi) is 8.18. The van der Waals surface area contributed by atoms with Crippen LogP contribution < -0.4 is 4.90 Å². The maximum atomic E-state index is 6.50. The van der Waals surface area contributed by atoms with E-state index in [1.165, 1.54) is 21.8 Å². The van der Waals surface area contributed by atoms with Crippen molar-refractivity contribution in [1.29, 1.82) is 0 Å². The van der Waals surface area contributed by atoms with Crippen molar-refractivity contribution in [2.75, 3.05) is 4.90 Å². The summed E-state index contributed by atoms with van der Waals surface area (Å²) in [5, 5.41) is 6.95. The largest absolute Gasteiger partial charge is 0.456 e. The zero-order chi connectivity index (χ0) is 42.1. The molecule has 0 aliphatic carbocycles. The van der Waals surface area contributed by atoms with E-state index in [0.29, 0.717) is 0 Å². The van der Waals surface area contributed by atoms with Crippen molar-refractivity contribution in [3.05, 3.63) is 231 Å². The Balaban J connectivity index is 0.882. The molecular weight excluding hydrogens is 781 g/mol. The minimum Gasteiger partial charge on any atom is -0.456 e. The highest BCUT2D eigenvalue weighted by Crippen LogP contribution is 2.42. The fourth-order valence-corrected chi connectivity index (χ4v) is 9.76. The van der Waals surface area contributed by atoms with Gasteiger partial charge in [-0.05, 0) is 107 Å². The molecule has 4 heteroatoms. The first kappa shape index (κ1) is 36.1. The van der Waals surface area contributed by atoms with Crippen molar-refractivity contribution >= 4 is 82.7 Å². The Morgan fingerprint density at radius 1 is 0.297 bits per heavy atom. The fourth-order valence-electron chi connectivity index (χ4n) is 9.76. The van der Waals surface area contributed by atoms with Crippen molar-refractivity contribution < 1.29 is 8.83 Å². The zero-order valence-corrected chi connectivity index (χ0v) is 34.7. The molecule has 0 bridgehead atoms. The van der Waals surface area contributed by atoms with Crippen LogP contribution in [0.15, 0.2) is 239 Å². The van der Waals surface area contributed by atoms with E-state index in [9.17, 15) is 0 Å². The molecule has 13 rings (SSSR count). The molecule has 0 amide bonds. The number of anilines is 3. The zero-order valence-electron chi connectivity index (χ0n) is 34.7. The molecule has 0 aliphatic rings. The SMILES string of the molecule is c1ccc(-c2cccc3c2oc2ccc(-c4ccc(N(c5ccc(-c6cccc(-n7c8ccccc8c8ccccc87)c6)cc5)c5ccc6c(c5)oc5ccccc56)cc4)cc23)cc1. The van der Waals surface area contributed by atoms with Gasteiger partial charge < -0.3 is 18.3 Å². The van der Waals surface area contributed by atoms with Crippen LogP contribution in [-0.2, 0) is 0 Å². The number of benzene rings is 10. The second-order valence-electron chi connectivity index (χ2n) is 16.5. The number of para-hydroxylation sites is 4. The van der Waals surface area contributed by atoms with Crippen molar-refractivity contribution in [2.45, 2.75) is 0 Å². The first-order chi connectivity index (χ1) is 31.7. The standard InChI is InChI=1S/C60H38N2O2/c1-2-12-41(13-3-1)48-19-11-20-53-54-37-43(28-35-58(54)64-60(48)53)40-26-31-45(32-27-40)61(47-33-34-52-51-18-6-9-23-57(51)63-59(52)38-47)44-29-24-39(25-30-44)42-14-10-15-46(36-42)62-55-21-7-4-16-49(55)50-17-5-8-22-56(50)62/h1-38H. The molecule has 0 aliphatic heterocycles. The van der Waals surface area contributed by atoms with Crippen LogP contribution in [0.2, 0.25) is 0 Å². The summed E-state index contributed by atoms with van der Waals surface area (Å²) in [4.78, 5) is 2.31. The first-order valence-corrected chi connectivity index (χ1v) is 21.7. The molecule has 0 saturated heterocycles. The lowest BCUT2D eigenvalue weighted by Crippen LogP contribution is -2.09. The molecule has 4 nitrogen and oxygen atoms in total. The predicted molar refractivity (Wildman–Crippen MR) is 266 cm³/mol. The van der Waals surface area contributed by atoms with Crippen LogP contribution in [0.3, 0.4) is 0 Å². The number of fused-ring (bicyclic) bond motifs is 9. The van der Waals surface area contributed by atoms with Gasteiger partial charge >= 0.3 is 0 Å². The molecule has 64 heavy (non-hydrogen) atoms. The van der Waals surface area contributed by atoms with Gasteiger partial charge in [0.1, 0.15) is 22.3 Å². The van der Waals surface area contributed by atoms with E-state index in [0.717, 1.165) is 100 Å². The Morgan fingerprint density at radius 2 is 0.844 bits per heavy atom. The third-order valence-electron chi connectivity index (χ3n) is 12.8. The number of rotatable bonds is 7. The van der Waals surface area contributed by atoms with Crippen LogP contribution in [0.5, 0.6) is 0 Å². The predicted octanol–water partition coefficient (Wildman–Crippen LogP) is 17.1. The summed E-state index contributed by atoms with van der Waals surface area (Å²) in [6.45, 7) is 0. The van der Waals surface area contributed by atoms with E-state index in [2.05, 4.69) is 222 Å². The number of hydrogen-bond acceptors (Lipinski definition) is 3. The van der Waals surface area contributed by atoms with E-state index in [4.69, 9.17) is 8.83 Å². The molecular formula is C60H38N2O2. The van der Waals surface area contributed by atoms with Crippen molar-refractivity contribution in [1.82, 2.24) is 4.57 Å². The number of hydrogen-bond donors (Lipinski definition) is 0. The molecule has 10 aromatic carbocycles. The van der Waals surface area contributed by atoms with Gasteiger partial charge in [-0.3, -0.25) is 0 Å². The summed E-state index contributed by atoms with van der Waals surface area (Å²) < 4.78 is 15.3. The average Bonchev–Trinajstić information content (AvgIpc) is 4.04. The van der Waals surface area contributed by atoms with Gasteiger partial charge in [0.25, 0.3) is 0 Å². The van der Waals surface area contributed by atoms with Crippen LogP contribution in [-0.4, -0.2) is 4.57 Å². The van der Waals surface area contributed by atoms with Crippen molar-refractivity contribution in [2.24, 2.45) is 0 Å². The molecule has 3 aromatic heterocycles. The number of nitrogens with zero attached hydrogens (tertiary/aromatic N) is 2. The van der Waals surface area contributed by atoms with Crippen LogP contribution in [0.1, 0.15) is 0 Å². The smallest absolute Gasteiger partial charge is 0.143 e.